The molecule has 190 valence electrons. The fourth-order valence-electron chi connectivity index (χ4n) is 4.40. The minimum Gasteiger partial charge on any atom is -0.457 e. The van der Waals surface area contributed by atoms with Gasteiger partial charge in [-0.1, -0.05) is 39.3 Å². The van der Waals surface area contributed by atoms with Crippen LogP contribution in [0.15, 0.2) is 22.6 Å². The smallest absolute Gasteiger partial charge is 0.309 e. The summed E-state index contributed by atoms with van der Waals surface area (Å²) >= 11 is 1.56. The molecule has 1 aliphatic heterocycles. The Hall–Kier alpha value is -1.83. The Kier molecular flexibility index (Phi) is 10.2. The van der Waals surface area contributed by atoms with E-state index >= 15 is 0 Å². The number of cyclic esters (lactones) is 1. The summed E-state index contributed by atoms with van der Waals surface area (Å²) in [7, 11) is 0. The lowest BCUT2D eigenvalue weighted by Crippen LogP contribution is -2.45. The summed E-state index contributed by atoms with van der Waals surface area (Å²) in [5.41, 5.74) is 1.71. The highest BCUT2D eigenvalue weighted by molar-refractivity contribution is 7.09. The number of carbonyl (C=O) groups is 2. The summed E-state index contributed by atoms with van der Waals surface area (Å²) in [5.74, 6) is -1.49. The third-order valence-corrected chi connectivity index (χ3v) is 7.83. The lowest BCUT2D eigenvalue weighted by molar-refractivity contribution is -0.154. The number of hydrogen-bond donors (Lipinski definition) is 2. The van der Waals surface area contributed by atoms with E-state index in [0.29, 0.717) is 6.42 Å². The van der Waals surface area contributed by atoms with Crippen LogP contribution in [0, 0.1) is 24.2 Å². The van der Waals surface area contributed by atoms with Gasteiger partial charge in [-0.15, -0.1) is 11.3 Å². The fraction of sp³-hybridized carbons (Fsp3) is 0.667. The molecule has 0 unspecified atom stereocenters. The lowest BCUT2D eigenvalue weighted by Gasteiger charge is -2.34. The van der Waals surface area contributed by atoms with Crippen LogP contribution < -0.4 is 0 Å². The second-order valence-corrected chi connectivity index (χ2v) is 11.5. The number of nitrogens with zero attached hydrogens (tertiary/aromatic N) is 1. The minimum absolute atomic E-state index is 0.0444. The van der Waals surface area contributed by atoms with Crippen molar-refractivity contribution in [3.05, 3.63) is 33.3 Å². The molecular formula is C27H41NO5S. The molecule has 1 aromatic heterocycles. The SMILES string of the molecule is CC1=CC[C@@H](C(C)=Cc2csc(C)n2)OC(=O)C[C@H](O)C(C)(C)C(=O)[C@@H](C)[C@H](O)[C@@H](C)CCC1. The van der Waals surface area contributed by atoms with E-state index in [-0.39, 0.29) is 18.1 Å². The Morgan fingerprint density at radius 1 is 1.24 bits per heavy atom. The summed E-state index contributed by atoms with van der Waals surface area (Å²) < 4.78 is 5.81. The molecule has 0 bridgehead atoms. The molecule has 0 aliphatic carbocycles. The van der Waals surface area contributed by atoms with E-state index in [1.807, 2.05) is 32.2 Å². The molecule has 0 saturated heterocycles. The van der Waals surface area contributed by atoms with E-state index in [4.69, 9.17) is 4.74 Å². The van der Waals surface area contributed by atoms with Crippen molar-refractivity contribution in [3.8, 4) is 0 Å². The highest BCUT2D eigenvalue weighted by Crippen LogP contribution is 2.32. The number of aryl methyl sites for hydroxylation is 1. The summed E-state index contributed by atoms with van der Waals surface area (Å²) in [5, 5.41) is 24.5. The summed E-state index contributed by atoms with van der Waals surface area (Å²) in [6, 6.07) is 0. The zero-order valence-electron chi connectivity index (χ0n) is 21.6. The van der Waals surface area contributed by atoms with Crippen LogP contribution in [0.1, 0.15) is 84.3 Å². The second kappa shape index (κ2) is 12.2. The average molecular weight is 492 g/mol. The first-order valence-electron chi connectivity index (χ1n) is 12.2. The standard InChI is InChI=1S/C27H41NO5S/c1-16-9-8-10-17(2)25(31)19(4)26(32)27(6,7)23(29)14-24(30)33-22(12-11-16)18(3)13-21-15-34-20(5)28-21/h11,13,15,17,19,22-23,25,29,31H,8-10,12,14H2,1-7H3/t17-,19-,22-,23-,25+/m0/s1. The number of ketones is 1. The first-order valence-corrected chi connectivity index (χ1v) is 13.1. The first-order chi connectivity index (χ1) is 15.8. The van der Waals surface area contributed by atoms with Gasteiger partial charge >= 0.3 is 5.97 Å². The third-order valence-electron chi connectivity index (χ3n) is 7.04. The van der Waals surface area contributed by atoms with Crippen LogP contribution in [-0.4, -0.2) is 45.3 Å². The van der Waals surface area contributed by atoms with Crippen molar-refractivity contribution in [1.82, 2.24) is 4.98 Å². The summed E-state index contributed by atoms with van der Waals surface area (Å²) in [6.45, 7) is 12.8. The average Bonchev–Trinajstić information content (AvgIpc) is 3.18. The molecule has 7 heteroatoms. The summed E-state index contributed by atoms with van der Waals surface area (Å²) in [6.07, 6.45) is 4.33. The number of aliphatic hydroxyl groups is 2. The monoisotopic (exact) mass is 491 g/mol. The number of thiazole rings is 1. The van der Waals surface area contributed by atoms with Gasteiger partial charge in [-0.2, -0.15) is 0 Å². The Morgan fingerprint density at radius 3 is 2.53 bits per heavy atom. The molecule has 34 heavy (non-hydrogen) atoms. The van der Waals surface area contributed by atoms with Crippen LogP contribution >= 0.6 is 11.3 Å². The Labute approximate surface area is 208 Å². The number of Topliss-reactive ketones (excluding diaryl/α,β-unsaturated/α-hetero) is 1. The summed E-state index contributed by atoms with van der Waals surface area (Å²) in [4.78, 5) is 30.5. The van der Waals surface area contributed by atoms with Gasteiger partial charge in [0.15, 0.2) is 0 Å². The van der Waals surface area contributed by atoms with E-state index in [1.54, 1.807) is 32.1 Å². The quantitative estimate of drug-likeness (QED) is 0.432. The minimum atomic E-state index is -1.21. The van der Waals surface area contributed by atoms with Gasteiger partial charge < -0.3 is 14.9 Å². The lowest BCUT2D eigenvalue weighted by atomic mass is 9.73. The van der Waals surface area contributed by atoms with E-state index in [0.717, 1.165) is 35.5 Å². The van der Waals surface area contributed by atoms with E-state index in [1.165, 1.54) is 5.57 Å². The molecule has 2 heterocycles. The Bertz CT molecular complexity index is 916. The molecule has 5 atom stereocenters. The molecule has 0 saturated carbocycles. The van der Waals surface area contributed by atoms with Crippen LogP contribution in [0.4, 0.5) is 0 Å². The number of esters is 1. The molecule has 2 N–H and O–H groups in total. The van der Waals surface area contributed by atoms with Crippen molar-refractivity contribution in [1.29, 1.82) is 0 Å². The van der Waals surface area contributed by atoms with Crippen LogP contribution in [0.2, 0.25) is 0 Å². The van der Waals surface area contributed by atoms with Crippen LogP contribution in [0.3, 0.4) is 0 Å². The number of hydrogen-bond acceptors (Lipinski definition) is 7. The van der Waals surface area contributed by atoms with Gasteiger partial charge in [0, 0.05) is 17.7 Å². The van der Waals surface area contributed by atoms with Crippen molar-refractivity contribution >= 4 is 29.2 Å². The van der Waals surface area contributed by atoms with Gasteiger partial charge in [0.1, 0.15) is 11.9 Å². The normalized spacial score (nSPS) is 30.6. The molecule has 2 rings (SSSR count). The molecular weight excluding hydrogens is 450 g/mol. The predicted octanol–water partition coefficient (Wildman–Crippen LogP) is 5.27. The molecule has 0 amide bonds. The molecule has 0 aromatic carbocycles. The van der Waals surface area contributed by atoms with Crippen LogP contribution in [0.5, 0.6) is 0 Å². The molecule has 1 aromatic rings. The van der Waals surface area contributed by atoms with Crippen molar-refractivity contribution in [2.45, 2.75) is 98.9 Å². The van der Waals surface area contributed by atoms with Crippen LogP contribution in [-0.2, 0) is 14.3 Å². The van der Waals surface area contributed by atoms with Crippen molar-refractivity contribution in [2.75, 3.05) is 0 Å². The van der Waals surface area contributed by atoms with Gasteiger partial charge in [-0.05, 0) is 57.6 Å². The molecule has 1 aliphatic rings. The number of rotatable bonds is 2. The fourth-order valence-corrected chi connectivity index (χ4v) is 4.97. The van der Waals surface area contributed by atoms with E-state index in [2.05, 4.69) is 18.0 Å². The maximum atomic E-state index is 13.2. The maximum absolute atomic E-state index is 13.2. The zero-order valence-corrected chi connectivity index (χ0v) is 22.4. The Morgan fingerprint density at radius 2 is 1.91 bits per heavy atom. The van der Waals surface area contributed by atoms with E-state index in [9.17, 15) is 19.8 Å². The Balaban J connectivity index is 2.33. The van der Waals surface area contributed by atoms with Gasteiger partial charge in [0.05, 0.1) is 34.7 Å². The second-order valence-electron chi connectivity index (χ2n) is 10.4. The van der Waals surface area contributed by atoms with Crippen molar-refractivity contribution < 1.29 is 24.5 Å². The molecule has 6 nitrogen and oxygen atoms in total. The molecule has 0 radical (unpaired) electrons. The van der Waals surface area contributed by atoms with Gasteiger partial charge in [-0.25, -0.2) is 4.98 Å². The van der Waals surface area contributed by atoms with Crippen LogP contribution in [0.25, 0.3) is 6.08 Å². The number of aromatic nitrogens is 1. The van der Waals surface area contributed by atoms with Crippen molar-refractivity contribution in [2.24, 2.45) is 17.3 Å². The maximum Gasteiger partial charge on any atom is 0.309 e. The molecule has 0 spiro atoms. The number of carbonyl (C=O) groups excluding carboxylic acids is 2. The van der Waals surface area contributed by atoms with E-state index < -0.39 is 35.6 Å². The molecule has 0 fully saturated rings. The number of allylic oxidation sites excluding steroid dienone is 1. The topological polar surface area (TPSA) is 96.7 Å². The van der Waals surface area contributed by atoms with Gasteiger partial charge in [0.2, 0.25) is 0 Å². The number of aliphatic hydroxyl groups excluding tert-OH is 2. The van der Waals surface area contributed by atoms with Gasteiger partial charge in [-0.3, -0.25) is 9.59 Å². The predicted molar refractivity (Wildman–Crippen MR) is 136 cm³/mol. The zero-order chi connectivity index (χ0) is 25.6. The van der Waals surface area contributed by atoms with Gasteiger partial charge in [0.25, 0.3) is 0 Å². The van der Waals surface area contributed by atoms with Crippen molar-refractivity contribution in [3.63, 3.8) is 0 Å². The number of ether oxygens (including phenoxy) is 1. The largest absolute Gasteiger partial charge is 0.457 e. The highest BCUT2D eigenvalue weighted by atomic mass is 32.1. The first kappa shape index (κ1) is 28.4. The highest BCUT2D eigenvalue weighted by Gasteiger charge is 2.42. The third kappa shape index (κ3) is 7.59.